The highest BCUT2D eigenvalue weighted by atomic mass is 127. The van der Waals surface area contributed by atoms with E-state index in [9.17, 15) is 0 Å². The lowest BCUT2D eigenvalue weighted by Crippen LogP contribution is -2.10. The number of rotatable bonds is 3. The maximum Gasteiger partial charge on any atom is 0.180 e. The first kappa shape index (κ1) is 18.2. The molecule has 5 rings (SSSR count). The molecule has 0 aromatic heterocycles. The summed E-state index contributed by atoms with van der Waals surface area (Å²) in [6.07, 6.45) is 0. The molecule has 4 aromatic rings. The topological polar surface area (TPSA) is 9.23 Å². The van der Waals surface area contributed by atoms with Crippen molar-refractivity contribution < 1.29 is 4.74 Å². The van der Waals surface area contributed by atoms with Crippen LogP contribution in [0.3, 0.4) is 0 Å². The zero-order chi connectivity index (χ0) is 18.9. The predicted octanol–water partition coefficient (Wildman–Crippen LogP) is 7.64. The molecule has 0 radical (unpaired) electrons. The summed E-state index contributed by atoms with van der Waals surface area (Å²) in [5.74, 6) is 1.72. The van der Waals surface area contributed by atoms with Gasteiger partial charge in [-0.25, -0.2) is 0 Å². The van der Waals surface area contributed by atoms with Gasteiger partial charge in [-0.1, -0.05) is 36.0 Å². The Morgan fingerprint density at radius 3 is 1.68 bits per heavy atom. The molecule has 0 saturated heterocycles. The zero-order valence-corrected chi connectivity index (χ0v) is 18.6. The van der Waals surface area contributed by atoms with Crippen molar-refractivity contribution in [1.82, 2.24) is 0 Å². The third-order valence-corrected chi connectivity index (χ3v) is 8.93. The number of fused-ring (bicyclic) bond motifs is 2. The van der Waals surface area contributed by atoms with Gasteiger partial charge in [-0.2, -0.15) is 0 Å². The Hall–Kier alpha value is -1.89. The largest absolute Gasteiger partial charge is 0.457 e. The van der Waals surface area contributed by atoms with Gasteiger partial charge in [0.15, 0.2) is 14.7 Å². The minimum atomic E-state index is -0.0931. The molecular formula is C24H16IOS2+. The zero-order valence-electron chi connectivity index (χ0n) is 14.8. The minimum absolute atomic E-state index is 0.0931. The summed E-state index contributed by atoms with van der Waals surface area (Å²) in [5, 5.41) is 0. The molecule has 0 spiro atoms. The Balaban J connectivity index is 1.50. The van der Waals surface area contributed by atoms with E-state index in [0.717, 1.165) is 11.5 Å². The molecule has 0 atom stereocenters. The Kier molecular flexibility index (Phi) is 5.09. The van der Waals surface area contributed by atoms with E-state index in [1.165, 1.54) is 28.0 Å². The van der Waals surface area contributed by atoms with Crippen LogP contribution in [0.25, 0.3) is 0 Å². The van der Waals surface area contributed by atoms with Crippen molar-refractivity contribution in [2.24, 2.45) is 0 Å². The lowest BCUT2D eigenvalue weighted by Gasteiger charge is -2.18. The molecule has 4 heteroatoms. The molecule has 0 fully saturated rings. The summed E-state index contributed by atoms with van der Waals surface area (Å²) < 4.78 is 7.21. The third kappa shape index (κ3) is 3.56. The van der Waals surface area contributed by atoms with E-state index in [1.807, 2.05) is 23.9 Å². The minimum Gasteiger partial charge on any atom is -0.457 e. The average molecular weight is 511 g/mol. The van der Waals surface area contributed by atoms with Crippen LogP contribution < -0.4 is 4.74 Å². The molecule has 1 aliphatic rings. The molecule has 0 amide bonds. The first-order chi connectivity index (χ1) is 13.8. The molecule has 1 aliphatic heterocycles. The quantitative estimate of drug-likeness (QED) is 0.182. The van der Waals surface area contributed by atoms with Gasteiger partial charge >= 0.3 is 0 Å². The summed E-state index contributed by atoms with van der Waals surface area (Å²) in [4.78, 5) is 6.82. The molecule has 0 saturated carbocycles. The Morgan fingerprint density at radius 1 is 0.607 bits per heavy atom. The van der Waals surface area contributed by atoms with Crippen LogP contribution in [0.5, 0.6) is 11.5 Å². The van der Waals surface area contributed by atoms with Gasteiger partial charge in [-0.15, -0.1) is 0 Å². The molecule has 0 aliphatic carbocycles. The fourth-order valence-electron chi connectivity index (χ4n) is 3.18. The van der Waals surface area contributed by atoms with Gasteiger partial charge < -0.3 is 4.74 Å². The van der Waals surface area contributed by atoms with E-state index < -0.39 is 0 Å². The van der Waals surface area contributed by atoms with Crippen molar-refractivity contribution in [2.75, 3.05) is 0 Å². The van der Waals surface area contributed by atoms with Gasteiger partial charge in [0.25, 0.3) is 0 Å². The van der Waals surface area contributed by atoms with Crippen molar-refractivity contribution >= 4 is 45.2 Å². The van der Waals surface area contributed by atoms with Crippen LogP contribution in [0.2, 0.25) is 0 Å². The van der Waals surface area contributed by atoms with Crippen molar-refractivity contribution in [3.8, 4) is 11.5 Å². The number of halogens is 1. The molecule has 0 bridgehead atoms. The van der Waals surface area contributed by atoms with Crippen LogP contribution in [-0.4, -0.2) is 0 Å². The molecule has 0 N–H and O–H groups in total. The normalized spacial score (nSPS) is 12.9. The van der Waals surface area contributed by atoms with Gasteiger partial charge in [0.2, 0.25) is 0 Å². The lowest BCUT2D eigenvalue weighted by atomic mass is 10.3. The number of hydrogen-bond donors (Lipinski definition) is 0. The Labute approximate surface area is 185 Å². The Bertz CT molecular complexity index is 1080. The van der Waals surface area contributed by atoms with Gasteiger partial charge in [0.05, 0.1) is 9.79 Å². The maximum atomic E-state index is 6.01. The van der Waals surface area contributed by atoms with E-state index >= 15 is 0 Å². The monoisotopic (exact) mass is 511 g/mol. The lowest BCUT2D eigenvalue weighted by molar-refractivity contribution is 0.482. The van der Waals surface area contributed by atoms with Gasteiger partial charge in [-0.05, 0) is 95.4 Å². The average Bonchev–Trinajstić information content (AvgIpc) is 2.74. The SMILES string of the molecule is Ic1ccc(Oc2ccc([S+]3c4ccccc4Sc4ccccc43)cc2)cc1. The molecule has 28 heavy (non-hydrogen) atoms. The van der Waals surface area contributed by atoms with E-state index in [1.54, 1.807) is 0 Å². The summed E-state index contributed by atoms with van der Waals surface area (Å²) in [5.41, 5.74) is 0. The van der Waals surface area contributed by atoms with E-state index in [-0.39, 0.29) is 10.9 Å². The van der Waals surface area contributed by atoms with Crippen molar-refractivity contribution in [3.05, 3.63) is 101 Å². The van der Waals surface area contributed by atoms with E-state index in [2.05, 4.69) is 108 Å². The van der Waals surface area contributed by atoms with Gasteiger partial charge in [0.1, 0.15) is 22.4 Å². The van der Waals surface area contributed by atoms with Crippen molar-refractivity contribution in [1.29, 1.82) is 0 Å². The van der Waals surface area contributed by atoms with Crippen LogP contribution in [0, 0.1) is 3.57 Å². The molecule has 1 heterocycles. The van der Waals surface area contributed by atoms with Gasteiger partial charge in [-0.3, -0.25) is 0 Å². The van der Waals surface area contributed by atoms with Crippen LogP contribution in [-0.2, 0) is 10.9 Å². The highest BCUT2D eigenvalue weighted by Crippen LogP contribution is 2.48. The van der Waals surface area contributed by atoms with Crippen LogP contribution in [0.1, 0.15) is 0 Å². The second-order valence-corrected chi connectivity index (χ2v) is 10.6. The smallest absolute Gasteiger partial charge is 0.180 e. The molecule has 136 valence electrons. The predicted molar refractivity (Wildman–Crippen MR) is 125 cm³/mol. The first-order valence-corrected chi connectivity index (χ1v) is 12.0. The maximum absolute atomic E-state index is 6.01. The van der Waals surface area contributed by atoms with Crippen LogP contribution in [0.15, 0.2) is 122 Å². The van der Waals surface area contributed by atoms with Crippen LogP contribution >= 0.6 is 34.4 Å². The Morgan fingerprint density at radius 2 is 1.11 bits per heavy atom. The molecular weight excluding hydrogens is 495 g/mol. The molecule has 4 aromatic carbocycles. The fourth-order valence-corrected chi connectivity index (χ4v) is 7.28. The van der Waals surface area contributed by atoms with E-state index in [4.69, 9.17) is 4.74 Å². The first-order valence-electron chi connectivity index (χ1n) is 8.92. The highest BCUT2D eigenvalue weighted by molar-refractivity contribution is 14.1. The number of benzene rings is 4. The molecule has 0 unspecified atom stereocenters. The summed E-state index contributed by atoms with van der Waals surface area (Å²) in [6, 6.07) is 34.2. The third-order valence-electron chi connectivity index (χ3n) is 4.47. The van der Waals surface area contributed by atoms with Crippen LogP contribution in [0.4, 0.5) is 0 Å². The summed E-state index contributed by atoms with van der Waals surface area (Å²) in [7, 11) is -0.0931. The van der Waals surface area contributed by atoms with Crippen molar-refractivity contribution in [2.45, 2.75) is 24.5 Å². The number of ether oxygens (including phenoxy) is 1. The second-order valence-electron chi connectivity index (χ2n) is 6.33. The van der Waals surface area contributed by atoms with E-state index in [0.29, 0.717) is 0 Å². The summed E-state index contributed by atoms with van der Waals surface area (Å²) >= 11 is 4.17. The van der Waals surface area contributed by atoms with Crippen molar-refractivity contribution in [3.63, 3.8) is 0 Å². The second kappa shape index (κ2) is 7.85. The standard InChI is InChI=1S/C24H16IOS2/c25-17-9-11-18(12-10-17)26-19-13-15-20(16-14-19)28-23-7-3-1-5-21(23)27-22-6-2-4-8-24(22)28/h1-16H/q+1. The molecule has 1 nitrogen and oxygen atoms in total. The highest BCUT2D eigenvalue weighted by Gasteiger charge is 2.37. The number of hydrogen-bond acceptors (Lipinski definition) is 2. The summed E-state index contributed by atoms with van der Waals surface area (Å²) in [6.45, 7) is 0. The van der Waals surface area contributed by atoms with Gasteiger partial charge in [0, 0.05) is 3.57 Å². The fraction of sp³-hybridized carbons (Fsp3) is 0.